The number of methoxy groups -OCH3 is 1. The Kier molecular flexibility index (Phi) is 3.52. The second kappa shape index (κ2) is 5.48. The number of hydrogen-bond donors (Lipinski definition) is 1. The smallest absolute Gasteiger partial charge is 0.128 e. The maximum absolute atomic E-state index is 5.23. The highest BCUT2D eigenvalue weighted by atomic mass is 16.5. The van der Waals surface area contributed by atoms with Crippen molar-refractivity contribution in [3.63, 3.8) is 0 Å². The molecule has 0 fully saturated rings. The molecule has 1 aromatic heterocycles. The maximum atomic E-state index is 5.23. The summed E-state index contributed by atoms with van der Waals surface area (Å²) < 4.78 is 7.35. The highest BCUT2D eigenvalue weighted by Gasteiger charge is 2.07. The van der Waals surface area contributed by atoms with Gasteiger partial charge in [0.05, 0.1) is 24.7 Å². The van der Waals surface area contributed by atoms with Gasteiger partial charge in [-0.05, 0) is 42.8 Å². The Morgan fingerprint density at radius 1 is 1.19 bits per heavy atom. The SMILES string of the molecule is COc1ccc(NCc2nc3ccccc3n2C)c(C)c1. The normalized spacial score (nSPS) is 10.8. The van der Waals surface area contributed by atoms with Crippen molar-refractivity contribution in [1.29, 1.82) is 0 Å². The molecule has 108 valence electrons. The quantitative estimate of drug-likeness (QED) is 0.795. The summed E-state index contributed by atoms with van der Waals surface area (Å²) in [6.45, 7) is 2.76. The van der Waals surface area contributed by atoms with E-state index in [1.807, 2.05) is 43.4 Å². The van der Waals surface area contributed by atoms with Crippen molar-refractivity contribution in [2.75, 3.05) is 12.4 Å². The number of imidazole rings is 1. The number of fused-ring (bicyclic) bond motifs is 1. The Labute approximate surface area is 124 Å². The summed E-state index contributed by atoms with van der Waals surface area (Å²) in [7, 11) is 3.73. The van der Waals surface area contributed by atoms with Crippen LogP contribution in [0.2, 0.25) is 0 Å². The summed E-state index contributed by atoms with van der Waals surface area (Å²) in [5.74, 6) is 1.90. The first kappa shape index (κ1) is 13.5. The summed E-state index contributed by atoms with van der Waals surface area (Å²) in [6.07, 6.45) is 0. The van der Waals surface area contributed by atoms with E-state index < -0.39 is 0 Å². The number of aromatic nitrogens is 2. The van der Waals surface area contributed by atoms with E-state index >= 15 is 0 Å². The average Bonchev–Trinajstić information content (AvgIpc) is 2.83. The molecule has 4 nitrogen and oxygen atoms in total. The van der Waals surface area contributed by atoms with Crippen LogP contribution in [0.3, 0.4) is 0 Å². The number of benzene rings is 2. The number of rotatable bonds is 4. The van der Waals surface area contributed by atoms with Crippen LogP contribution in [0.25, 0.3) is 11.0 Å². The van der Waals surface area contributed by atoms with Crippen LogP contribution in [0.1, 0.15) is 11.4 Å². The van der Waals surface area contributed by atoms with Crippen LogP contribution in [0.15, 0.2) is 42.5 Å². The Balaban J connectivity index is 1.82. The zero-order chi connectivity index (χ0) is 14.8. The second-order valence-corrected chi connectivity index (χ2v) is 5.11. The van der Waals surface area contributed by atoms with Gasteiger partial charge in [-0.2, -0.15) is 0 Å². The molecule has 0 unspecified atom stereocenters. The van der Waals surface area contributed by atoms with Crippen molar-refractivity contribution in [2.24, 2.45) is 7.05 Å². The van der Waals surface area contributed by atoms with Gasteiger partial charge in [0, 0.05) is 12.7 Å². The lowest BCUT2D eigenvalue weighted by Gasteiger charge is -2.11. The van der Waals surface area contributed by atoms with Gasteiger partial charge in [0.25, 0.3) is 0 Å². The van der Waals surface area contributed by atoms with Crippen molar-refractivity contribution in [3.8, 4) is 5.75 Å². The summed E-state index contributed by atoms with van der Waals surface area (Å²) in [5.41, 5.74) is 4.44. The van der Waals surface area contributed by atoms with Crippen LogP contribution in [-0.2, 0) is 13.6 Å². The van der Waals surface area contributed by atoms with Crippen molar-refractivity contribution >= 4 is 16.7 Å². The lowest BCUT2D eigenvalue weighted by molar-refractivity contribution is 0.414. The van der Waals surface area contributed by atoms with Gasteiger partial charge in [-0.15, -0.1) is 0 Å². The lowest BCUT2D eigenvalue weighted by atomic mass is 10.2. The number of nitrogens with one attached hydrogen (secondary N) is 1. The first-order valence-electron chi connectivity index (χ1n) is 6.98. The molecule has 1 heterocycles. The van der Waals surface area contributed by atoms with E-state index in [0.29, 0.717) is 6.54 Å². The molecule has 21 heavy (non-hydrogen) atoms. The topological polar surface area (TPSA) is 39.1 Å². The van der Waals surface area contributed by atoms with Crippen LogP contribution >= 0.6 is 0 Å². The van der Waals surface area contributed by atoms with Gasteiger partial charge in [-0.25, -0.2) is 4.98 Å². The van der Waals surface area contributed by atoms with Gasteiger partial charge >= 0.3 is 0 Å². The fraction of sp³-hybridized carbons (Fsp3) is 0.235. The fourth-order valence-electron chi connectivity index (χ4n) is 2.49. The second-order valence-electron chi connectivity index (χ2n) is 5.11. The van der Waals surface area contributed by atoms with Crippen LogP contribution in [-0.4, -0.2) is 16.7 Å². The summed E-state index contributed by atoms with van der Waals surface area (Å²) in [5, 5.41) is 3.44. The van der Waals surface area contributed by atoms with Gasteiger partial charge in [0.2, 0.25) is 0 Å². The molecule has 0 saturated carbocycles. The third-order valence-electron chi connectivity index (χ3n) is 3.75. The summed E-state index contributed by atoms with van der Waals surface area (Å²) >= 11 is 0. The Morgan fingerprint density at radius 3 is 2.71 bits per heavy atom. The molecule has 0 saturated heterocycles. The molecule has 0 atom stereocenters. The number of aryl methyl sites for hydroxylation is 2. The van der Waals surface area contributed by atoms with E-state index in [1.165, 1.54) is 0 Å². The van der Waals surface area contributed by atoms with Crippen molar-refractivity contribution < 1.29 is 4.74 Å². The molecule has 0 bridgehead atoms. The number of nitrogens with zero attached hydrogens (tertiary/aromatic N) is 2. The van der Waals surface area contributed by atoms with E-state index in [4.69, 9.17) is 4.74 Å². The van der Waals surface area contributed by atoms with Crippen molar-refractivity contribution in [3.05, 3.63) is 53.9 Å². The highest BCUT2D eigenvalue weighted by molar-refractivity contribution is 5.75. The maximum Gasteiger partial charge on any atom is 0.128 e. The van der Waals surface area contributed by atoms with Crippen LogP contribution in [0.4, 0.5) is 5.69 Å². The zero-order valence-corrected chi connectivity index (χ0v) is 12.6. The van der Waals surface area contributed by atoms with Crippen LogP contribution in [0, 0.1) is 6.92 Å². The average molecular weight is 281 g/mol. The van der Waals surface area contributed by atoms with Gasteiger partial charge in [0.15, 0.2) is 0 Å². The van der Waals surface area contributed by atoms with Gasteiger partial charge in [-0.3, -0.25) is 0 Å². The van der Waals surface area contributed by atoms with E-state index in [0.717, 1.165) is 33.9 Å². The predicted octanol–water partition coefficient (Wildman–Crippen LogP) is 3.50. The summed E-state index contributed by atoms with van der Waals surface area (Å²) in [4.78, 5) is 4.67. The predicted molar refractivity (Wildman–Crippen MR) is 85.8 cm³/mol. The molecule has 0 aliphatic carbocycles. The van der Waals surface area contributed by atoms with Crippen LogP contribution < -0.4 is 10.1 Å². The molecule has 1 N–H and O–H groups in total. The monoisotopic (exact) mass is 281 g/mol. The molecule has 0 amide bonds. The standard InChI is InChI=1S/C17H19N3O/c1-12-10-13(21-3)8-9-14(12)18-11-17-19-15-6-4-5-7-16(15)20(17)2/h4-10,18H,11H2,1-3H3. The van der Waals surface area contributed by atoms with Crippen LogP contribution in [0.5, 0.6) is 5.75 Å². The number of para-hydroxylation sites is 2. The lowest BCUT2D eigenvalue weighted by Crippen LogP contribution is -2.06. The minimum absolute atomic E-state index is 0.693. The van der Waals surface area contributed by atoms with Crippen molar-refractivity contribution in [1.82, 2.24) is 9.55 Å². The van der Waals surface area contributed by atoms with Crippen molar-refractivity contribution in [2.45, 2.75) is 13.5 Å². The molecule has 0 aliphatic rings. The molecule has 2 aromatic carbocycles. The zero-order valence-electron chi connectivity index (χ0n) is 12.6. The number of anilines is 1. The first-order chi connectivity index (χ1) is 10.2. The molecule has 4 heteroatoms. The molecule has 0 radical (unpaired) electrons. The summed E-state index contributed by atoms with van der Waals surface area (Å²) in [6, 6.07) is 14.2. The molecule has 3 rings (SSSR count). The molecule has 3 aromatic rings. The largest absolute Gasteiger partial charge is 0.497 e. The fourth-order valence-corrected chi connectivity index (χ4v) is 2.49. The Hall–Kier alpha value is -2.49. The highest BCUT2D eigenvalue weighted by Crippen LogP contribution is 2.22. The van der Waals surface area contributed by atoms with E-state index in [1.54, 1.807) is 7.11 Å². The molecular formula is C17H19N3O. The molecule has 0 aliphatic heterocycles. The third-order valence-corrected chi connectivity index (χ3v) is 3.75. The Bertz CT molecular complexity index is 777. The van der Waals surface area contributed by atoms with E-state index in [2.05, 4.69) is 27.9 Å². The third kappa shape index (κ3) is 2.57. The van der Waals surface area contributed by atoms with Gasteiger partial charge in [0.1, 0.15) is 11.6 Å². The van der Waals surface area contributed by atoms with E-state index in [-0.39, 0.29) is 0 Å². The number of ether oxygens (including phenoxy) is 1. The molecule has 0 spiro atoms. The van der Waals surface area contributed by atoms with Gasteiger partial charge < -0.3 is 14.6 Å². The number of hydrogen-bond acceptors (Lipinski definition) is 3. The minimum atomic E-state index is 0.693. The first-order valence-corrected chi connectivity index (χ1v) is 6.98. The van der Waals surface area contributed by atoms with E-state index in [9.17, 15) is 0 Å². The minimum Gasteiger partial charge on any atom is -0.497 e. The Morgan fingerprint density at radius 2 is 2.00 bits per heavy atom. The van der Waals surface area contributed by atoms with Gasteiger partial charge in [-0.1, -0.05) is 12.1 Å². The molecular weight excluding hydrogens is 262 g/mol.